The number of ether oxygens (including phenoxy) is 1. The van der Waals surface area contributed by atoms with E-state index in [2.05, 4.69) is 0 Å². The maximum Gasteiger partial charge on any atom is 0.340 e. The molecule has 0 saturated heterocycles. The molecule has 0 saturated carbocycles. The van der Waals surface area contributed by atoms with Crippen LogP contribution in [0.1, 0.15) is 20.7 Å². The maximum atomic E-state index is 13.3. The van der Waals surface area contributed by atoms with Gasteiger partial charge in [0.1, 0.15) is 5.82 Å². The highest BCUT2D eigenvalue weighted by molar-refractivity contribution is 6.36. The van der Waals surface area contributed by atoms with E-state index in [0.717, 1.165) is 12.1 Å². The van der Waals surface area contributed by atoms with Gasteiger partial charge in [-0.25, -0.2) is 9.18 Å². The van der Waals surface area contributed by atoms with Crippen molar-refractivity contribution in [3.8, 4) is 0 Å². The van der Waals surface area contributed by atoms with E-state index in [-0.39, 0.29) is 15.6 Å². The van der Waals surface area contributed by atoms with Gasteiger partial charge in [0.25, 0.3) is 0 Å². The third-order valence-electron chi connectivity index (χ3n) is 2.73. The molecule has 0 amide bonds. The minimum Gasteiger partial charge on any atom is -0.454 e. The first-order valence-corrected chi connectivity index (χ1v) is 7.12. The molecule has 0 atom stereocenters. The lowest BCUT2D eigenvalue weighted by Gasteiger charge is -2.07. The summed E-state index contributed by atoms with van der Waals surface area (Å²) in [6.45, 7) is -0.499. The van der Waals surface area contributed by atoms with Gasteiger partial charge in [-0.1, -0.05) is 34.8 Å². The van der Waals surface area contributed by atoms with Crippen molar-refractivity contribution in [2.45, 2.75) is 0 Å². The van der Waals surface area contributed by atoms with E-state index < -0.39 is 24.2 Å². The summed E-state index contributed by atoms with van der Waals surface area (Å²) in [5.74, 6) is -2.14. The molecular formula is C15H8Cl3FO3. The molecule has 0 fully saturated rings. The number of carbonyl (C=O) groups excluding carboxylic acids is 2. The first kappa shape index (κ1) is 16.7. The highest BCUT2D eigenvalue weighted by atomic mass is 35.5. The average molecular weight is 362 g/mol. The predicted molar refractivity (Wildman–Crippen MR) is 82.5 cm³/mol. The smallest absolute Gasteiger partial charge is 0.340 e. The molecule has 0 aliphatic carbocycles. The molecular weight excluding hydrogens is 354 g/mol. The van der Waals surface area contributed by atoms with Gasteiger partial charge in [0, 0.05) is 10.6 Å². The molecule has 0 radical (unpaired) electrons. The Morgan fingerprint density at radius 1 is 1.00 bits per heavy atom. The van der Waals surface area contributed by atoms with E-state index in [4.69, 9.17) is 39.5 Å². The van der Waals surface area contributed by atoms with Gasteiger partial charge in [0.2, 0.25) is 0 Å². The molecule has 2 aromatic rings. The van der Waals surface area contributed by atoms with E-state index in [9.17, 15) is 14.0 Å². The molecule has 0 N–H and O–H groups in total. The number of hydrogen-bond acceptors (Lipinski definition) is 3. The summed E-state index contributed by atoms with van der Waals surface area (Å²) in [6.07, 6.45) is 0. The van der Waals surface area contributed by atoms with Gasteiger partial charge < -0.3 is 4.74 Å². The van der Waals surface area contributed by atoms with Gasteiger partial charge in [0.15, 0.2) is 12.4 Å². The number of hydrogen-bond donors (Lipinski definition) is 0. The average Bonchev–Trinajstić information content (AvgIpc) is 2.49. The minimum atomic E-state index is -0.914. The highest BCUT2D eigenvalue weighted by Gasteiger charge is 2.17. The summed E-state index contributed by atoms with van der Waals surface area (Å²) in [7, 11) is 0. The number of ketones is 1. The van der Waals surface area contributed by atoms with Gasteiger partial charge in [-0.2, -0.15) is 0 Å². The van der Waals surface area contributed by atoms with Crippen molar-refractivity contribution in [3.05, 3.63) is 68.4 Å². The normalized spacial score (nSPS) is 10.4. The topological polar surface area (TPSA) is 43.4 Å². The zero-order valence-electron chi connectivity index (χ0n) is 10.9. The quantitative estimate of drug-likeness (QED) is 0.445. The summed E-state index contributed by atoms with van der Waals surface area (Å²) in [5, 5.41) is 0.214. The highest BCUT2D eigenvalue weighted by Crippen LogP contribution is 2.25. The van der Waals surface area contributed by atoms with Crippen LogP contribution < -0.4 is 0 Å². The Kier molecular flexibility index (Phi) is 5.40. The monoisotopic (exact) mass is 360 g/mol. The summed E-state index contributed by atoms with van der Waals surface area (Å²) < 4.78 is 18.2. The summed E-state index contributed by atoms with van der Waals surface area (Å²) in [5.41, 5.74) is 0.137. The van der Waals surface area contributed by atoms with Gasteiger partial charge in [0.05, 0.1) is 15.6 Å². The van der Waals surface area contributed by atoms with Crippen molar-refractivity contribution in [3.63, 3.8) is 0 Å². The first-order chi connectivity index (χ1) is 10.4. The van der Waals surface area contributed by atoms with E-state index in [0.29, 0.717) is 10.6 Å². The molecule has 0 spiro atoms. The third-order valence-corrected chi connectivity index (χ3v) is 3.58. The van der Waals surface area contributed by atoms with Crippen LogP contribution in [0.25, 0.3) is 0 Å². The molecule has 114 valence electrons. The second kappa shape index (κ2) is 7.09. The summed E-state index contributed by atoms with van der Waals surface area (Å²) >= 11 is 17.0. The van der Waals surface area contributed by atoms with Crippen LogP contribution in [0.4, 0.5) is 4.39 Å². The van der Waals surface area contributed by atoms with E-state index in [1.54, 1.807) is 12.1 Å². The standard InChI is InChI=1S/C15H8Cl3FO3/c16-9-3-1-8(2-4-9)14(20)7-22-15(21)10-5-13(19)12(18)6-11(10)17/h1-6H,7H2. The second-order valence-electron chi connectivity index (χ2n) is 4.25. The lowest BCUT2D eigenvalue weighted by atomic mass is 10.1. The van der Waals surface area contributed by atoms with Crippen molar-refractivity contribution in [2.24, 2.45) is 0 Å². The maximum absolute atomic E-state index is 13.3. The van der Waals surface area contributed by atoms with Crippen LogP contribution in [0.2, 0.25) is 15.1 Å². The number of carbonyl (C=O) groups is 2. The van der Waals surface area contributed by atoms with Gasteiger partial charge >= 0.3 is 5.97 Å². The molecule has 7 heteroatoms. The zero-order valence-corrected chi connectivity index (χ0v) is 13.2. The van der Waals surface area contributed by atoms with Gasteiger partial charge in [-0.15, -0.1) is 0 Å². The number of Topliss-reactive ketones (excluding diaryl/α,β-unsaturated/α-hetero) is 1. The molecule has 0 aromatic heterocycles. The molecule has 2 rings (SSSR count). The number of rotatable bonds is 4. The lowest BCUT2D eigenvalue weighted by Crippen LogP contribution is -2.14. The Balaban J connectivity index is 2.05. The molecule has 0 bridgehead atoms. The Morgan fingerprint density at radius 2 is 1.64 bits per heavy atom. The van der Waals surface area contributed by atoms with Crippen molar-refractivity contribution in [2.75, 3.05) is 6.61 Å². The molecule has 0 aliphatic heterocycles. The van der Waals surface area contributed by atoms with Crippen molar-refractivity contribution < 1.29 is 18.7 Å². The van der Waals surface area contributed by atoms with Gasteiger partial charge in [-0.05, 0) is 36.4 Å². The Morgan fingerprint density at radius 3 is 2.27 bits per heavy atom. The van der Waals surface area contributed by atoms with Crippen LogP contribution in [0.15, 0.2) is 36.4 Å². The lowest BCUT2D eigenvalue weighted by molar-refractivity contribution is 0.0474. The second-order valence-corrected chi connectivity index (χ2v) is 5.50. The molecule has 3 nitrogen and oxygen atoms in total. The Hall–Kier alpha value is -1.62. The Bertz CT molecular complexity index is 730. The summed E-state index contributed by atoms with van der Waals surface area (Å²) in [6, 6.07) is 8.06. The predicted octanol–water partition coefficient (Wildman–Crippen LogP) is 4.83. The number of benzene rings is 2. The molecule has 0 unspecified atom stereocenters. The van der Waals surface area contributed by atoms with Crippen LogP contribution in [-0.4, -0.2) is 18.4 Å². The van der Waals surface area contributed by atoms with Crippen LogP contribution in [0.3, 0.4) is 0 Å². The van der Waals surface area contributed by atoms with E-state index >= 15 is 0 Å². The third kappa shape index (κ3) is 3.97. The van der Waals surface area contributed by atoms with Crippen molar-refractivity contribution >= 4 is 46.6 Å². The van der Waals surface area contributed by atoms with Crippen molar-refractivity contribution in [1.29, 1.82) is 0 Å². The molecule has 2 aromatic carbocycles. The Labute approximate surface area is 140 Å². The molecule has 0 aliphatic rings. The minimum absolute atomic E-state index is 0.0599. The SMILES string of the molecule is O=C(COC(=O)c1cc(F)c(Cl)cc1Cl)c1ccc(Cl)cc1. The number of halogens is 4. The largest absolute Gasteiger partial charge is 0.454 e. The fraction of sp³-hybridized carbons (Fsp3) is 0.0667. The first-order valence-electron chi connectivity index (χ1n) is 5.99. The van der Waals surface area contributed by atoms with Crippen LogP contribution in [0.5, 0.6) is 0 Å². The molecule has 22 heavy (non-hydrogen) atoms. The number of esters is 1. The van der Waals surface area contributed by atoms with Crippen LogP contribution >= 0.6 is 34.8 Å². The van der Waals surface area contributed by atoms with Crippen molar-refractivity contribution in [1.82, 2.24) is 0 Å². The fourth-order valence-corrected chi connectivity index (χ4v) is 2.19. The van der Waals surface area contributed by atoms with Crippen LogP contribution in [-0.2, 0) is 4.74 Å². The van der Waals surface area contributed by atoms with Gasteiger partial charge in [-0.3, -0.25) is 4.79 Å². The molecule has 0 heterocycles. The van der Waals surface area contributed by atoms with E-state index in [1.807, 2.05) is 0 Å². The van der Waals surface area contributed by atoms with Crippen LogP contribution in [0, 0.1) is 5.82 Å². The zero-order chi connectivity index (χ0) is 16.3. The van der Waals surface area contributed by atoms with E-state index in [1.165, 1.54) is 12.1 Å². The summed E-state index contributed by atoms with van der Waals surface area (Å²) in [4.78, 5) is 23.7. The fourth-order valence-electron chi connectivity index (χ4n) is 1.61.